The largest absolute Gasteiger partial charge is 0.481 e. The number of nitrogens with zero attached hydrogens (tertiary/aromatic N) is 1. The van der Waals surface area contributed by atoms with E-state index in [2.05, 4.69) is 19.2 Å². The lowest BCUT2D eigenvalue weighted by Gasteiger charge is -2.32. The van der Waals surface area contributed by atoms with Crippen LogP contribution in [0.2, 0.25) is 0 Å². The lowest BCUT2D eigenvalue weighted by atomic mass is 9.93. The molecule has 0 radical (unpaired) electrons. The highest BCUT2D eigenvalue weighted by Crippen LogP contribution is 2.34. The van der Waals surface area contributed by atoms with Crippen LogP contribution in [0.3, 0.4) is 0 Å². The summed E-state index contributed by atoms with van der Waals surface area (Å²) in [6.07, 6.45) is 4.58. The number of carboxylic acid groups (broad SMARTS) is 1. The number of rotatable bonds is 3. The van der Waals surface area contributed by atoms with Crippen molar-refractivity contribution in [3.05, 3.63) is 0 Å². The molecular formula is C15H26N2O3. The third-order valence-electron chi connectivity index (χ3n) is 5.19. The van der Waals surface area contributed by atoms with Crippen molar-refractivity contribution in [3.8, 4) is 0 Å². The van der Waals surface area contributed by atoms with Crippen LogP contribution in [0.25, 0.3) is 0 Å². The van der Waals surface area contributed by atoms with Gasteiger partial charge in [-0.3, -0.25) is 4.79 Å². The molecule has 1 aliphatic heterocycles. The Morgan fingerprint density at radius 1 is 1.20 bits per heavy atom. The number of carbonyl (C=O) groups excluding carboxylic acids is 1. The molecular weight excluding hydrogens is 256 g/mol. The molecule has 0 aromatic rings. The van der Waals surface area contributed by atoms with Gasteiger partial charge >= 0.3 is 12.0 Å². The molecule has 2 N–H and O–H groups in total. The summed E-state index contributed by atoms with van der Waals surface area (Å²) in [5, 5.41) is 12.1. The van der Waals surface area contributed by atoms with E-state index in [1.54, 1.807) is 4.90 Å². The zero-order valence-electron chi connectivity index (χ0n) is 12.5. The topological polar surface area (TPSA) is 69.6 Å². The van der Waals surface area contributed by atoms with E-state index in [4.69, 9.17) is 5.11 Å². The van der Waals surface area contributed by atoms with Crippen LogP contribution >= 0.6 is 0 Å². The van der Waals surface area contributed by atoms with Crippen LogP contribution in [0.5, 0.6) is 0 Å². The first kappa shape index (κ1) is 15.1. The zero-order valence-corrected chi connectivity index (χ0v) is 12.5. The van der Waals surface area contributed by atoms with Gasteiger partial charge in [-0.2, -0.15) is 0 Å². The fourth-order valence-corrected chi connectivity index (χ4v) is 3.61. The van der Waals surface area contributed by atoms with Gasteiger partial charge in [-0.15, -0.1) is 0 Å². The van der Waals surface area contributed by atoms with Gasteiger partial charge in [-0.25, -0.2) is 4.79 Å². The number of nitrogens with one attached hydrogen (secondary N) is 1. The maximum Gasteiger partial charge on any atom is 0.317 e. The molecule has 1 heterocycles. The summed E-state index contributed by atoms with van der Waals surface area (Å²) in [6, 6.07) is 0.270. The molecule has 0 spiro atoms. The van der Waals surface area contributed by atoms with Crippen molar-refractivity contribution >= 4 is 12.0 Å². The normalized spacial score (nSPS) is 31.3. The van der Waals surface area contributed by atoms with Crippen molar-refractivity contribution < 1.29 is 14.7 Å². The fourth-order valence-electron chi connectivity index (χ4n) is 3.61. The van der Waals surface area contributed by atoms with Crippen LogP contribution in [-0.4, -0.2) is 41.1 Å². The first-order chi connectivity index (χ1) is 9.52. The van der Waals surface area contributed by atoms with E-state index < -0.39 is 5.97 Å². The first-order valence-corrected chi connectivity index (χ1v) is 7.81. The van der Waals surface area contributed by atoms with Crippen LogP contribution in [0, 0.1) is 17.8 Å². The quantitative estimate of drug-likeness (QED) is 0.834. The Morgan fingerprint density at radius 2 is 1.85 bits per heavy atom. The van der Waals surface area contributed by atoms with Crippen molar-refractivity contribution in [1.29, 1.82) is 0 Å². The van der Waals surface area contributed by atoms with Crippen molar-refractivity contribution in [2.24, 2.45) is 17.8 Å². The lowest BCUT2D eigenvalue weighted by molar-refractivity contribution is -0.143. The summed E-state index contributed by atoms with van der Waals surface area (Å²) in [7, 11) is 0. The van der Waals surface area contributed by atoms with Gasteiger partial charge in [-0.05, 0) is 37.5 Å². The summed E-state index contributed by atoms with van der Waals surface area (Å²) in [5.74, 6) is 0.243. The van der Waals surface area contributed by atoms with E-state index in [9.17, 15) is 9.59 Å². The van der Waals surface area contributed by atoms with Crippen molar-refractivity contribution in [2.75, 3.05) is 13.1 Å². The molecule has 114 valence electrons. The van der Waals surface area contributed by atoms with E-state index in [1.807, 2.05) is 0 Å². The first-order valence-electron chi connectivity index (χ1n) is 7.81. The van der Waals surface area contributed by atoms with Crippen LogP contribution in [0.1, 0.15) is 46.0 Å². The third-order valence-corrected chi connectivity index (χ3v) is 5.19. The molecule has 3 atom stereocenters. The van der Waals surface area contributed by atoms with Crippen LogP contribution in [0.4, 0.5) is 4.79 Å². The number of urea groups is 1. The minimum absolute atomic E-state index is 0.0116. The van der Waals surface area contributed by atoms with Gasteiger partial charge in [0.1, 0.15) is 0 Å². The van der Waals surface area contributed by atoms with E-state index >= 15 is 0 Å². The van der Waals surface area contributed by atoms with Gasteiger partial charge in [-0.1, -0.05) is 20.3 Å². The maximum absolute atomic E-state index is 12.2. The van der Waals surface area contributed by atoms with Crippen molar-refractivity contribution in [1.82, 2.24) is 10.2 Å². The smallest absolute Gasteiger partial charge is 0.317 e. The number of piperidine rings is 1. The molecule has 0 aromatic heterocycles. The summed E-state index contributed by atoms with van der Waals surface area (Å²) in [5.41, 5.74) is 0. The SMILES string of the molecule is CCC1CCC(NC(=O)N2CCC(C(=O)O)CC2)C1C. The van der Waals surface area contributed by atoms with Crippen LogP contribution in [-0.2, 0) is 4.79 Å². The fraction of sp³-hybridized carbons (Fsp3) is 0.867. The zero-order chi connectivity index (χ0) is 14.7. The average molecular weight is 282 g/mol. The van der Waals surface area contributed by atoms with Gasteiger partial charge in [0.2, 0.25) is 0 Å². The van der Waals surface area contributed by atoms with Gasteiger partial charge in [0.25, 0.3) is 0 Å². The second-order valence-corrected chi connectivity index (χ2v) is 6.26. The van der Waals surface area contributed by atoms with E-state index in [0.29, 0.717) is 31.8 Å². The van der Waals surface area contributed by atoms with Crippen molar-refractivity contribution in [3.63, 3.8) is 0 Å². The highest BCUT2D eigenvalue weighted by molar-refractivity contribution is 5.75. The summed E-state index contributed by atoms with van der Waals surface area (Å²) in [6.45, 7) is 5.55. The third kappa shape index (κ3) is 3.25. The van der Waals surface area contributed by atoms with Gasteiger partial charge < -0.3 is 15.3 Å². The molecule has 20 heavy (non-hydrogen) atoms. The monoisotopic (exact) mass is 282 g/mol. The minimum Gasteiger partial charge on any atom is -0.481 e. The van der Waals surface area contributed by atoms with E-state index in [0.717, 1.165) is 12.3 Å². The molecule has 3 unspecified atom stereocenters. The molecule has 0 bridgehead atoms. The highest BCUT2D eigenvalue weighted by Gasteiger charge is 2.34. The number of amides is 2. The molecule has 2 fully saturated rings. The van der Waals surface area contributed by atoms with Gasteiger partial charge in [0, 0.05) is 19.1 Å². The highest BCUT2D eigenvalue weighted by atomic mass is 16.4. The second kappa shape index (κ2) is 6.46. The Hall–Kier alpha value is -1.26. The molecule has 5 heteroatoms. The predicted octanol–water partition coefficient (Wildman–Crippen LogP) is 2.32. The van der Waals surface area contributed by atoms with Crippen molar-refractivity contribution in [2.45, 2.75) is 52.0 Å². The molecule has 5 nitrogen and oxygen atoms in total. The lowest BCUT2D eigenvalue weighted by Crippen LogP contribution is -2.49. The molecule has 1 saturated carbocycles. The number of likely N-dealkylation sites (tertiary alicyclic amines) is 1. The standard InChI is InChI=1S/C15H26N2O3/c1-3-11-4-5-13(10(11)2)16-15(20)17-8-6-12(7-9-17)14(18)19/h10-13H,3-9H2,1-2H3,(H,16,20)(H,18,19). The van der Waals surface area contributed by atoms with E-state index in [1.165, 1.54) is 12.8 Å². The Balaban J connectivity index is 1.80. The molecule has 2 rings (SSSR count). The number of hydrogen-bond acceptors (Lipinski definition) is 2. The summed E-state index contributed by atoms with van der Waals surface area (Å²) in [4.78, 5) is 24.9. The predicted molar refractivity (Wildman–Crippen MR) is 76.4 cm³/mol. The maximum atomic E-state index is 12.2. The molecule has 1 aliphatic carbocycles. The minimum atomic E-state index is -0.736. The van der Waals surface area contributed by atoms with Gasteiger partial charge in [0.05, 0.1) is 5.92 Å². The number of carboxylic acids is 1. The number of carbonyl (C=O) groups is 2. The Kier molecular flexibility index (Phi) is 4.89. The Morgan fingerprint density at radius 3 is 2.35 bits per heavy atom. The molecule has 1 saturated heterocycles. The summed E-state index contributed by atoms with van der Waals surface area (Å²) < 4.78 is 0. The molecule has 2 aliphatic rings. The second-order valence-electron chi connectivity index (χ2n) is 6.26. The molecule has 0 aromatic carbocycles. The van der Waals surface area contributed by atoms with Crippen LogP contribution < -0.4 is 5.32 Å². The van der Waals surface area contributed by atoms with Crippen LogP contribution in [0.15, 0.2) is 0 Å². The van der Waals surface area contributed by atoms with E-state index in [-0.39, 0.29) is 18.0 Å². The Labute approximate surface area is 120 Å². The Bertz CT molecular complexity index is 364. The summed E-state index contributed by atoms with van der Waals surface area (Å²) >= 11 is 0. The molecule has 2 amide bonds. The number of aliphatic carboxylic acids is 1. The average Bonchev–Trinajstić information content (AvgIpc) is 2.79. The van der Waals surface area contributed by atoms with Gasteiger partial charge in [0.15, 0.2) is 0 Å². The number of hydrogen-bond donors (Lipinski definition) is 2.